The summed E-state index contributed by atoms with van der Waals surface area (Å²) in [6, 6.07) is 16.0. The summed E-state index contributed by atoms with van der Waals surface area (Å²) in [6.07, 6.45) is 1.23. The van der Waals surface area contributed by atoms with E-state index in [1.54, 1.807) is 0 Å². The molecule has 3 aromatic rings. The molecule has 1 aliphatic rings. The SMILES string of the molecule is c1csc(C(c2cc3ccccc3s2)N2CCCNCC2)c1. The summed E-state index contributed by atoms with van der Waals surface area (Å²) < 4.78 is 1.40. The molecule has 0 amide bonds. The van der Waals surface area contributed by atoms with Crippen LogP contribution in [0, 0.1) is 0 Å². The Hall–Kier alpha value is -1.20. The third kappa shape index (κ3) is 2.84. The lowest BCUT2D eigenvalue weighted by Crippen LogP contribution is -2.32. The molecule has 114 valence electrons. The Balaban J connectivity index is 1.75. The van der Waals surface area contributed by atoms with Gasteiger partial charge in [-0.15, -0.1) is 22.7 Å². The number of nitrogens with zero attached hydrogens (tertiary/aromatic N) is 1. The maximum Gasteiger partial charge on any atom is 0.0790 e. The summed E-state index contributed by atoms with van der Waals surface area (Å²) in [5.41, 5.74) is 0. The van der Waals surface area contributed by atoms with Crippen LogP contribution in [0.2, 0.25) is 0 Å². The van der Waals surface area contributed by atoms with Crippen molar-refractivity contribution in [3.8, 4) is 0 Å². The molecule has 4 heteroatoms. The van der Waals surface area contributed by atoms with Crippen LogP contribution in [0.4, 0.5) is 0 Å². The number of rotatable bonds is 3. The number of benzene rings is 1. The summed E-state index contributed by atoms with van der Waals surface area (Å²) in [4.78, 5) is 5.59. The zero-order chi connectivity index (χ0) is 14.8. The molecular weight excluding hydrogens is 308 g/mol. The molecule has 3 heterocycles. The summed E-state index contributed by atoms with van der Waals surface area (Å²) in [7, 11) is 0. The van der Waals surface area contributed by atoms with E-state index >= 15 is 0 Å². The van der Waals surface area contributed by atoms with E-state index in [4.69, 9.17) is 0 Å². The van der Waals surface area contributed by atoms with Gasteiger partial charge in [-0.25, -0.2) is 0 Å². The van der Waals surface area contributed by atoms with Crippen molar-refractivity contribution in [2.75, 3.05) is 26.2 Å². The summed E-state index contributed by atoms with van der Waals surface area (Å²) in [5.74, 6) is 0. The van der Waals surface area contributed by atoms with E-state index < -0.39 is 0 Å². The van der Waals surface area contributed by atoms with Crippen molar-refractivity contribution < 1.29 is 0 Å². The zero-order valence-electron chi connectivity index (χ0n) is 12.5. The highest BCUT2D eigenvalue weighted by atomic mass is 32.1. The standard InChI is InChI=1S/C18H20N2S2/c1-2-6-15-14(5-1)13-17(22-15)18(16-7-3-12-21-16)20-10-4-8-19-9-11-20/h1-3,5-7,12-13,18-19H,4,8-11H2. The first-order valence-electron chi connectivity index (χ1n) is 7.88. The van der Waals surface area contributed by atoms with Crippen molar-refractivity contribution in [3.63, 3.8) is 0 Å². The Morgan fingerprint density at radius 1 is 1.00 bits per heavy atom. The minimum Gasteiger partial charge on any atom is -0.315 e. The van der Waals surface area contributed by atoms with Crippen molar-refractivity contribution in [2.45, 2.75) is 12.5 Å². The van der Waals surface area contributed by atoms with Gasteiger partial charge < -0.3 is 5.32 Å². The molecule has 1 aromatic carbocycles. The van der Waals surface area contributed by atoms with Gasteiger partial charge in [-0.2, -0.15) is 0 Å². The minimum atomic E-state index is 0.414. The smallest absolute Gasteiger partial charge is 0.0790 e. The van der Waals surface area contributed by atoms with Crippen LogP contribution in [0.15, 0.2) is 47.8 Å². The van der Waals surface area contributed by atoms with Gasteiger partial charge >= 0.3 is 0 Å². The second kappa shape index (κ2) is 6.50. The fourth-order valence-electron chi connectivity index (χ4n) is 3.21. The molecule has 1 saturated heterocycles. The minimum absolute atomic E-state index is 0.414. The van der Waals surface area contributed by atoms with Gasteiger partial charge in [0.25, 0.3) is 0 Å². The second-order valence-corrected chi connectivity index (χ2v) is 7.84. The van der Waals surface area contributed by atoms with Gasteiger partial charge in [0.2, 0.25) is 0 Å². The van der Waals surface area contributed by atoms with Crippen LogP contribution in [0.5, 0.6) is 0 Å². The second-order valence-electron chi connectivity index (χ2n) is 5.74. The van der Waals surface area contributed by atoms with Crippen LogP contribution in [-0.4, -0.2) is 31.1 Å². The van der Waals surface area contributed by atoms with Gasteiger partial charge in [0.05, 0.1) is 6.04 Å². The third-order valence-corrected chi connectivity index (χ3v) is 6.36. The lowest BCUT2D eigenvalue weighted by atomic mass is 10.1. The molecule has 2 aromatic heterocycles. The van der Waals surface area contributed by atoms with E-state index in [9.17, 15) is 0 Å². The molecular formula is C18H20N2S2. The first-order chi connectivity index (χ1) is 10.9. The van der Waals surface area contributed by atoms with Gasteiger partial charge in [0, 0.05) is 34.1 Å². The molecule has 0 aliphatic carbocycles. The van der Waals surface area contributed by atoms with Crippen LogP contribution in [0.1, 0.15) is 22.2 Å². The van der Waals surface area contributed by atoms with Crippen molar-refractivity contribution in [3.05, 3.63) is 57.6 Å². The van der Waals surface area contributed by atoms with E-state index in [2.05, 4.69) is 58.1 Å². The summed E-state index contributed by atoms with van der Waals surface area (Å²) in [6.45, 7) is 4.52. The highest BCUT2D eigenvalue weighted by Crippen LogP contribution is 2.38. The summed E-state index contributed by atoms with van der Waals surface area (Å²) in [5, 5.41) is 7.09. The van der Waals surface area contributed by atoms with Crippen LogP contribution < -0.4 is 5.32 Å². The molecule has 1 atom stereocenters. The largest absolute Gasteiger partial charge is 0.315 e. The van der Waals surface area contributed by atoms with Crippen LogP contribution in [0.3, 0.4) is 0 Å². The molecule has 1 unspecified atom stereocenters. The van der Waals surface area contributed by atoms with Gasteiger partial charge in [-0.3, -0.25) is 4.90 Å². The molecule has 0 radical (unpaired) electrons. The van der Waals surface area contributed by atoms with Crippen molar-refractivity contribution in [2.24, 2.45) is 0 Å². The van der Waals surface area contributed by atoms with E-state index in [-0.39, 0.29) is 0 Å². The van der Waals surface area contributed by atoms with Crippen LogP contribution in [0.25, 0.3) is 10.1 Å². The predicted octanol–water partition coefficient (Wildman–Crippen LogP) is 4.35. The third-order valence-electron chi connectivity index (χ3n) is 4.27. The molecule has 0 bridgehead atoms. The topological polar surface area (TPSA) is 15.3 Å². The number of fused-ring (bicyclic) bond motifs is 1. The molecule has 1 fully saturated rings. The highest BCUT2D eigenvalue weighted by Gasteiger charge is 2.25. The fourth-order valence-corrected chi connectivity index (χ4v) is 5.38. The molecule has 2 nitrogen and oxygen atoms in total. The molecule has 4 rings (SSSR count). The van der Waals surface area contributed by atoms with Crippen molar-refractivity contribution in [1.29, 1.82) is 0 Å². The maximum atomic E-state index is 3.52. The zero-order valence-corrected chi connectivity index (χ0v) is 14.1. The predicted molar refractivity (Wildman–Crippen MR) is 97.0 cm³/mol. The van der Waals surface area contributed by atoms with E-state index in [0.29, 0.717) is 6.04 Å². The highest BCUT2D eigenvalue weighted by molar-refractivity contribution is 7.19. The number of hydrogen-bond acceptors (Lipinski definition) is 4. The van der Waals surface area contributed by atoms with Gasteiger partial charge in [-0.05, 0) is 41.9 Å². The Labute approximate surface area is 139 Å². The molecule has 0 spiro atoms. The monoisotopic (exact) mass is 328 g/mol. The van der Waals surface area contributed by atoms with E-state index in [0.717, 1.165) is 19.6 Å². The number of nitrogens with one attached hydrogen (secondary N) is 1. The van der Waals surface area contributed by atoms with Crippen molar-refractivity contribution in [1.82, 2.24) is 10.2 Å². The van der Waals surface area contributed by atoms with E-state index in [1.165, 1.54) is 32.8 Å². The number of thiophene rings is 2. The lowest BCUT2D eigenvalue weighted by molar-refractivity contribution is 0.247. The van der Waals surface area contributed by atoms with Crippen LogP contribution in [-0.2, 0) is 0 Å². The Morgan fingerprint density at radius 2 is 1.95 bits per heavy atom. The maximum absolute atomic E-state index is 3.52. The van der Waals surface area contributed by atoms with Gasteiger partial charge in [-0.1, -0.05) is 24.3 Å². The Kier molecular flexibility index (Phi) is 4.26. The molecule has 22 heavy (non-hydrogen) atoms. The molecule has 1 N–H and O–H groups in total. The first kappa shape index (κ1) is 14.4. The Morgan fingerprint density at radius 3 is 2.82 bits per heavy atom. The fraction of sp³-hybridized carbons (Fsp3) is 0.333. The average Bonchev–Trinajstić information content (AvgIpc) is 3.13. The molecule has 1 aliphatic heterocycles. The lowest BCUT2D eigenvalue weighted by Gasteiger charge is -2.29. The number of hydrogen-bond donors (Lipinski definition) is 1. The quantitative estimate of drug-likeness (QED) is 0.769. The van der Waals surface area contributed by atoms with Gasteiger partial charge in [0.15, 0.2) is 0 Å². The normalized spacial score (nSPS) is 18.4. The average molecular weight is 329 g/mol. The van der Waals surface area contributed by atoms with Crippen LogP contribution >= 0.6 is 22.7 Å². The molecule has 0 saturated carbocycles. The van der Waals surface area contributed by atoms with Crippen molar-refractivity contribution >= 4 is 32.8 Å². The summed E-state index contributed by atoms with van der Waals surface area (Å²) >= 11 is 3.83. The van der Waals surface area contributed by atoms with E-state index in [1.807, 2.05) is 22.7 Å². The Bertz CT molecular complexity index is 691. The first-order valence-corrected chi connectivity index (χ1v) is 9.58. The van der Waals surface area contributed by atoms with Gasteiger partial charge in [0.1, 0.15) is 0 Å².